The molecule has 6 heteroatoms. The molecule has 5 nitrogen and oxygen atoms in total. The fourth-order valence-electron chi connectivity index (χ4n) is 3.88. The highest BCUT2D eigenvalue weighted by Gasteiger charge is 2.34. The lowest BCUT2D eigenvalue weighted by Gasteiger charge is -2.31. The molecule has 0 aromatic carbocycles. The summed E-state index contributed by atoms with van der Waals surface area (Å²) in [5.41, 5.74) is 5.76. The van der Waals surface area contributed by atoms with Gasteiger partial charge in [0, 0.05) is 32.0 Å². The van der Waals surface area contributed by atoms with Crippen molar-refractivity contribution in [3.63, 3.8) is 0 Å². The first-order valence-electron chi connectivity index (χ1n) is 8.24. The van der Waals surface area contributed by atoms with Crippen LogP contribution < -0.4 is 11.1 Å². The molecule has 2 rings (SSSR count). The van der Waals surface area contributed by atoms with Crippen LogP contribution in [0.3, 0.4) is 0 Å². The molecule has 0 aromatic rings. The standard InChI is InChI=1S/C16H29N3O2.ClH/c1-19(2)16(21)11-5-3-7-13(9-11)18-15(20)14-8-4-6-12(14)10-17;/h11-14H,3-10,17H2,1-2H3,(H,18,20);1H/t11?,12-,13?,14-;/m1./s1. The second-order valence-electron chi connectivity index (χ2n) is 6.83. The van der Waals surface area contributed by atoms with E-state index in [4.69, 9.17) is 5.73 Å². The first-order valence-corrected chi connectivity index (χ1v) is 8.24. The quantitative estimate of drug-likeness (QED) is 0.820. The molecule has 2 aliphatic carbocycles. The van der Waals surface area contributed by atoms with Gasteiger partial charge in [0.2, 0.25) is 11.8 Å². The molecule has 2 amide bonds. The Morgan fingerprint density at radius 2 is 1.82 bits per heavy atom. The molecule has 0 saturated heterocycles. The lowest BCUT2D eigenvalue weighted by molar-refractivity contribution is -0.135. The van der Waals surface area contributed by atoms with Gasteiger partial charge in [0.1, 0.15) is 0 Å². The average molecular weight is 332 g/mol. The zero-order chi connectivity index (χ0) is 15.4. The third kappa shape index (κ3) is 4.59. The maximum absolute atomic E-state index is 12.4. The van der Waals surface area contributed by atoms with Crippen molar-refractivity contribution in [3.05, 3.63) is 0 Å². The number of nitrogens with one attached hydrogen (secondary N) is 1. The van der Waals surface area contributed by atoms with Crippen LogP contribution in [0.1, 0.15) is 44.9 Å². The van der Waals surface area contributed by atoms with Gasteiger partial charge < -0.3 is 16.0 Å². The van der Waals surface area contributed by atoms with E-state index in [1.807, 2.05) is 0 Å². The van der Waals surface area contributed by atoms with Gasteiger partial charge >= 0.3 is 0 Å². The highest BCUT2D eigenvalue weighted by molar-refractivity contribution is 5.85. The molecule has 2 fully saturated rings. The Balaban J connectivity index is 0.00000242. The first-order chi connectivity index (χ1) is 10.0. The van der Waals surface area contributed by atoms with Gasteiger partial charge in [0.05, 0.1) is 0 Å². The largest absolute Gasteiger partial charge is 0.353 e. The first kappa shape index (κ1) is 19.2. The summed E-state index contributed by atoms with van der Waals surface area (Å²) in [6, 6.07) is 0.152. The van der Waals surface area contributed by atoms with Crippen molar-refractivity contribution < 1.29 is 9.59 Å². The average Bonchev–Trinajstić information content (AvgIpc) is 2.95. The normalized spacial score (nSPS) is 31.2. The van der Waals surface area contributed by atoms with Crippen LogP contribution in [0, 0.1) is 17.8 Å². The number of carbonyl (C=O) groups is 2. The van der Waals surface area contributed by atoms with E-state index in [2.05, 4.69) is 5.32 Å². The fraction of sp³-hybridized carbons (Fsp3) is 0.875. The Morgan fingerprint density at radius 3 is 2.45 bits per heavy atom. The van der Waals surface area contributed by atoms with E-state index in [9.17, 15) is 9.59 Å². The molecule has 0 bridgehead atoms. The topological polar surface area (TPSA) is 75.4 Å². The molecule has 0 spiro atoms. The van der Waals surface area contributed by atoms with Crippen LogP contribution in [-0.4, -0.2) is 43.4 Å². The summed E-state index contributed by atoms with van der Waals surface area (Å²) in [6.07, 6.45) is 6.86. The molecular weight excluding hydrogens is 302 g/mol. The number of carbonyl (C=O) groups excluding carboxylic acids is 2. The third-order valence-electron chi connectivity index (χ3n) is 5.11. The Bertz CT molecular complexity index is 390. The second kappa shape index (κ2) is 8.73. The van der Waals surface area contributed by atoms with Crippen molar-refractivity contribution in [2.75, 3.05) is 20.6 Å². The predicted octanol–water partition coefficient (Wildman–Crippen LogP) is 1.55. The van der Waals surface area contributed by atoms with Gasteiger partial charge in [0.25, 0.3) is 0 Å². The zero-order valence-electron chi connectivity index (χ0n) is 13.7. The van der Waals surface area contributed by atoms with Gasteiger partial charge in [-0.15, -0.1) is 12.4 Å². The van der Waals surface area contributed by atoms with Crippen LogP contribution >= 0.6 is 12.4 Å². The van der Waals surface area contributed by atoms with Gasteiger partial charge in [-0.1, -0.05) is 12.8 Å². The number of hydrogen-bond donors (Lipinski definition) is 2. The molecule has 22 heavy (non-hydrogen) atoms. The van der Waals surface area contributed by atoms with Gasteiger partial charge in [-0.05, 0) is 44.6 Å². The smallest absolute Gasteiger partial charge is 0.225 e. The minimum Gasteiger partial charge on any atom is -0.353 e. The van der Waals surface area contributed by atoms with E-state index in [0.29, 0.717) is 12.5 Å². The summed E-state index contributed by atoms with van der Waals surface area (Å²) in [6.45, 7) is 0.602. The van der Waals surface area contributed by atoms with Gasteiger partial charge in [-0.2, -0.15) is 0 Å². The molecule has 2 aliphatic rings. The SMILES string of the molecule is CN(C)C(=O)C1CCCC(NC(=O)[C@@H]2CCC[C@@H]2CN)C1.Cl. The van der Waals surface area contributed by atoms with E-state index < -0.39 is 0 Å². The van der Waals surface area contributed by atoms with Crippen molar-refractivity contribution in [3.8, 4) is 0 Å². The van der Waals surface area contributed by atoms with Crippen LogP contribution in [0.5, 0.6) is 0 Å². The lowest BCUT2D eigenvalue weighted by atomic mass is 9.84. The van der Waals surface area contributed by atoms with Crippen molar-refractivity contribution in [1.82, 2.24) is 10.2 Å². The van der Waals surface area contributed by atoms with Crippen LogP contribution in [0.25, 0.3) is 0 Å². The minimum atomic E-state index is 0. The van der Waals surface area contributed by atoms with Crippen LogP contribution in [-0.2, 0) is 9.59 Å². The number of nitrogens with zero attached hydrogens (tertiary/aromatic N) is 1. The van der Waals surface area contributed by atoms with Crippen molar-refractivity contribution >= 4 is 24.2 Å². The van der Waals surface area contributed by atoms with E-state index >= 15 is 0 Å². The number of rotatable bonds is 4. The molecule has 3 N–H and O–H groups in total. The number of nitrogens with two attached hydrogens (primary N) is 1. The number of hydrogen-bond acceptors (Lipinski definition) is 3. The molecule has 0 heterocycles. The Kier molecular flexibility index (Phi) is 7.63. The molecule has 2 unspecified atom stereocenters. The van der Waals surface area contributed by atoms with E-state index in [-0.39, 0.29) is 42.1 Å². The highest BCUT2D eigenvalue weighted by Crippen LogP contribution is 2.32. The Morgan fingerprint density at radius 1 is 1.14 bits per heavy atom. The lowest BCUT2D eigenvalue weighted by Crippen LogP contribution is -2.45. The van der Waals surface area contributed by atoms with E-state index in [1.54, 1.807) is 19.0 Å². The summed E-state index contributed by atoms with van der Waals surface area (Å²) in [5.74, 6) is 0.834. The highest BCUT2D eigenvalue weighted by atomic mass is 35.5. The van der Waals surface area contributed by atoms with Crippen LogP contribution in [0.2, 0.25) is 0 Å². The Hall–Kier alpha value is -0.810. The second-order valence-corrected chi connectivity index (χ2v) is 6.83. The van der Waals surface area contributed by atoms with Crippen LogP contribution in [0.4, 0.5) is 0 Å². The molecule has 2 saturated carbocycles. The maximum atomic E-state index is 12.4. The monoisotopic (exact) mass is 331 g/mol. The minimum absolute atomic E-state index is 0. The summed E-state index contributed by atoms with van der Waals surface area (Å²) in [7, 11) is 3.60. The molecule has 128 valence electrons. The number of amides is 2. The third-order valence-corrected chi connectivity index (χ3v) is 5.11. The van der Waals surface area contributed by atoms with Gasteiger partial charge in [0.15, 0.2) is 0 Å². The van der Waals surface area contributed by atoms with E-state index in [0.717, 1.165) is 44.9 Å². The van der Waals surface area contributed by atoms with Crippen molar-refractivity contribution in [2.45, 2.75) is 51.0 Å². The summed E-state index contributed by atoms with van der Waals surface area (Å²) < 4.78 is 0. The maximum Gasteiger partial charge on any atom is 0.225 e. The zero-order valence-corrected chi connectivity index (χ0v) is 14.5. The summed E-state index contributed by atoms with van der Waals surface area (Å²) in [4.78, 5) is 26.2. The summed E-state index contributed by atoms with van der Waals surface area (Å²) >= 11 is 0. The Labute approximate surface area is 139 Å². The molecular formula is C16H30ClN3O2. The van der Waals surface area contributed by atoms with E-state index in [1.165, 1.54) is 0 Å². The van der Waals surface area contributed by atoms with Gasteiger partial charge in [-0.25, -0.2) is 0 Å². The molecule has 0 aromatic heterocycles. The fourth-order valence-corrected chi connectivity index (χ4v) is 3.88. The molecule has 4 atom stereocenters. The number of halogens is 1. The van der Waals surface area contributed by atoms with Crippen molar-refractivity contribution in [2.24, 2.45) is 23.5 Å². The van der Waals surface area contributed by atoms with Gasteiger partial charge in [-0.3, -0.25) is 9.59 Å². The van der Waals surface area contributed by atoms with Crippen molar-refractivity contribution in [1.29, 1.82) is 0 Å². The molecule has 0 radical (unpaired) electrons. The van der Waals surface area contributed by atoms with Crippen LogP contribution in [0.15, 0.2) is 0 Å². The molecule has 0 aliphatic heterocycles. The summed E-state index contributed by atoms with van der Waals surface area (Å²) in [5, 5.41) is 3.18. The predicted molar refractivity (Wildman–Crippen MR) is 89.7 cm³/mol.